The summed E-state index contributed by atoms with van der Waals surface area (Å²) < 4.78 is 31.1. The standard InChI is InChI=1S/C23H29N3O3S/c24-21-14-29-22-9-8-18(11-20(22)19(21)10-15-4-2-1-3-5-15)26-12-17(13-26)23(16-6-7-16)25-30(27)28/h1-5,8-9,11,16-17,19,21,23,30H,6-7,10,12-14,24H2,(H,25,27,28). The van der Waals surface area contributed by atoms with Crippen LogP contribution >= 0.6 is 0 Å². The highest BCUT2D eigenvalue weighted by Crippen LogP contribution is 2.42. The van der Waals surface area contributed by atoms with Crippen molar-refractivity contribution in [3.63, 3.8) is 0 Å². The molecule has 2 aromatic rings. The third-order valence-electron chi connectivity index (χ3n) is 6.81. The molecular formula is C23H29N3O3S. The van der Waals surface area contributed by atoms with E-state index in [2.05, 4.69) is 52.1 Å². The molecule has 0 amide bonds. The zero-order chi connectivity index (χ0) is 20.7. The lowest BCUT2D eigenvalue weighted by Crippen LogP contribution is -2.56. The molecule has 160 valence electrons. The van der Waals surface area contributed by atoms with E-state index in [-0.39, 0.29) is 18.0 Å². The first kappa shape index (κ1) is 19.8. The highest BCUT2D eigenvalue weighted by Gasteiger charge is 2.42. The topological polar surface area (TPSA) is 84.7 Å². The van der Waals surface area contributed by atoms with Crippen molar-refractivity contribution in [2.75, 3.05) is 24.6 Å². The fraction of sp³-hybridized carbons (Fsp3) is 0.478. The Hall–Kier alpha value is -2.09. The molecule has 3 unspecified atom stereocenters. The van der Waals surface area contributed by atoms with Crippen molar-refractivity contribution in [2.24, 2.45) is 17.6 Å². The van der Waals surface area contributed by atoms with E-state index in [1.54, 1.807) is 0 Å². The minimum absolute atomic E-state index is 0.0334. The van der Waals surface area contributed by atoms with Gasteiger partial charge in [-0.25, -0.2) is 13.1 Å². The molecule has 1 saturated carbocycles. The molecule has 0 spiro atoms. The summed E-state index contributed by atoms with van der Waals surface area (Å²) >= 11 is 0. The maximum absolute atomic E-state index is 11.2. The molecule has 3 aliphatic rings. The van der Waals surface area contributed by atoms with Gasteiger partial charge in [0.05, 0.1) is 0 Å². The minimum Gasteiger partial charge on any atom is -0.492 e. The Bertz CT molecular complexity index is 963. The summed E-state index contributed by atoms with van der Waals surface area (Å²) in [5.41, 5.74) is 10.1. The number of benzene rings is 2. The monoisotopic (exact) mass is 427 g/mol. The predicted molar refractivity (Wildman–Crippen MR) is 118 cm³/mol. The normalized spacial score (nSPS) is 24.8. The molecule has 7 heteroatoms. The van der Waals surface area contributed by atoms with Gasteiger partial charge >= 0.3 is 0 Å². The van der Waals surface area contributed by atoms with Gasteiger partial charge in [0.2, 0.25) is 10.9 Å². The van der Waals surface area contributed by atoms with Crippen LogP contribution in [0.1, 0.15) is 29.9 Å². The van der Waals surface area contributed by atoms with Crippen molar-refractivity contribution in [3.05, 3.63) is 59.7 Å². The number of hydrogen-bond donors (Lipinski definition) is 3. The zero-order valence-electron chi connectivity index (χ0n) is 16.9. The van der Waals surface area contributed by atoms with E-state index in [1.165, 1.54) is 16.8 Å². The van der Waals surface area contributed by atoms with Crippen molar-refractivity contribution < 1.29 is 13.2 Å². The summed E-state index contributed by atoms with van der Waals surface area (Å²) in [6.45, 7) is 2.30. The van der Waals surface area contributed by atoms with E-state index in [9.17, 15) is 8.42 Å². The van der Waals surface area contributed by atoms with Crippen molar-refractivity contribution in [2.45, 2.75) is 37.3 Å². The number of ether oxygens (including phenoxy) is 1. The maximum atomic E-state index is 11.2. The first-order valence-corrected chi connectivity index (χ1v) is 12.0. The Morgan fingerprint density at radius 3 is 2.57 bits per heavy atom. The van der Waals surface area contributed by atoms with Crippen LogP contribution in [-0.2, 0) is 17.3 Å². The van der Waals surface area contributed by atoms with Gasteiger partial charge in [-0.2, -0.15) is 0 Å². The lowest BCUT2D eigenvalue weighted by molar-refractivity contribution is 0.238. The number of thiol groups is 1. The molecule has 2 aromatic carbocycles. The zero-order valence-corrected chi connectivity index (χ0v) is 17.8. The Morgan fingerprint density at radius 1 is 1.10 bits per heavy atom. The maximum Gasteiger partial charge on any atom is 0.201 e. The minimum atomic E-state index is -2.55. The molecule has 2 fully saturated rings. The molecule has 0 aromatic heterocycles. The van der Waals surface area contributed by atoms with Crippen LogP contribution in [0.3, 0.4) is 0 Å². The second-order valence-electron chi connectivity index (χ2n) is 8.91. The summed E-state index contributed by atoms with van der Waals surface area (Å²) in [6.07, 6.45) is 3.16. The Kier molecular flexibility index (Phi) is 5.43. The van der Waals surface area contributed by atoms with Crippen molar-refractivity contribution in [3.8, 4) is 5.75 Å². The van der Waals surface area contributed by atoms with Crippen LogP contribution in [0.4, 0.5) is 5.69 Å². The fourth-order valence-electron chi connectivity index (χ4n) is 4.94. The van der Waals surface area contributed by atoms with Crippen LogP contribution in [0.5, 0.6) is 5.75 Å². The smallest absolute Gasteiger partial charge is 0.201 e. The van der Waals surface area contributed by atoms with E-state index in [0.29, 0.717) is 18.4 Å². The summed E-state index contributed by atoms with van der Waals surface area (Å²) in [5, 5.41) is 0. The summed E-state index contributed by atoms with van der Waals surface area (Å²) in [4.78, 5) is 2.33. The first-order valence-electron chi connectivity index (χ1n) is 10.8. The Labute approximate surface area is 179 Å². The molecule has 6 nitrogen and oxygen atoms in total. The molecule has 2 aliphatic heterocycles. The average molecular weight is 428 g/mol. The summed E-state index contributed by atoms with van der Waals surface area (Å²) in [5.74, 6) is 2.04. The largest absolute Gasteiger partial charge is 0.492 e. The third kappa shape index (κ3) is 4.06. The Balaban J connectivity index is 1.32. The average Bonchev–Trinajstić information content (AvgIpc) is 3.54. The van der Waals surface area contributed by atoms with Gasteiger partial charge in [-0.05, 0) is 48.9 Å². The molecule has 30 heavy (non-hydrogen) atoms. The van der Waals surface area contributed by atoms with Gasteiger partial charge in [0, 0.05) is 48.3 Å². The second kappa shape index (κ2) is 8.21. The fourth-order valence-corrected chi connectivity index (χ4v) is 5.60. The van der Waals surface area contributed by atoms with Crippen LogP contribution in [0.2, 0.25) is 0 Å². The summed E-state index contributed by atoms with van der Waals surface area (Å²) in [7, 11) is -2.55. The van der Waals surface area contributed by atoms with Gasteiger partial charge in [-0.1, -0.05) is 30.3 Å². The van der Waals surface area contributed by atoms with Crippen molar-refractivity contribution in [1.82, 2.24) is 4.72 Å². The van der Waals surface area contributed by atoms with Crippen LogP contribution in [0, 0.1) is 11.8 Å². The third-order valence-corrected chi connectivity index (χ3v) is 7.32. The van der Waals surface area contributed by atoms with E-state index in [1.807, 2.05) is 6.07 Å². The molecule has 3 N–H and O–H groups in total. The van der Waals surface area contributed by atoms with Gasteiger partial charge < -0.3 is 15.4 Å². The summed E-state index contributed by atoms with van der Waals surface area (Å²) in [6, 6.07) is 16.9. The number of fused-ring (bicyclic) bond motifs is 1. The molecule has 5 rings (SSSR count). The molecule has 0 radical (unpaired) electrons. The predicted octanol–water partition coefficient (Wildman–Crippen LogP) is 2.06. The molecule has 1 saturated heterocycles. The highest BCUT2D eigenvalue weighted by atomic mass is 32.2. The van der Waals surface area contributed by atoms with Gasteiger partial charge in [-0.15, -0.1) is 0 Å². The van der Waals surface area contributed by atoms with Crippen molar-refractivity contribution >= 4 is 16.6 Å². The SMILES string of the molecule is NC1COc2ccc(N3CC(C(N[SH](=O)=O)C4CC4)C3)cc2C1Cc1ccccc1. The van der Waals surface area contributed by atoms with Gasteiger partial charge in [0.25, 0.3) is 0 Å². The lowest BCUT2D eigenvalue weighted by Gasteiger charge is -2.45. The van der Waals surface area contributed by atoms with Crippen LogP contribution < -0.4 is 20.1 Å². The first-order chi connectivity index (χ1) is 14.6. The number of nitrogens with one attached hydrogen (secondary N) is 1. The highest BCUT2D eigenvalue weighted by molar-refractivity contribution is 7.70. The second-order valence-corrected chi connectivity index (χ2v) is 9.68. The van der Waals surface area contributed by atoms with Gasteiger partial charge in [-0.3, -0.25) is 0 Å². The molecule has 1 aliphatic carbocycles. The van der Waals surface area contributed by atoms with Gasteiger partial charge in [0.15, 0.2) is 0 Å². The van der Waals surface area contributed by atoms with Crippen LogP contribution in [0.25, 0.3) is 0 Å². The van der Waals surface area contributed by atoms with Crippen molar-refractivity contribution in [1.29, 1.82) is 0 Å². The van der Waals surface area contributed by atoms with E-state index >= 15 is 0 Å². The van der Waals surface area contributed by atoms with E-state index in [0.717, 1.165) is 38.1 Å². The number of rotatable bonds is 7. The number of anilines is 1. The van der Waals surface area contributed by atoms with Gasteiger partial charge in [0.1, 0.15) is 12.4 Å². The number of nitrogens with two attached hydrogens (primary N) is 1. The van der Waals surface area contributed by atoms with E-state index in [4.69, 9.17) is 10.5 Å². The molecular weight excluding hydrogens is 398 g/mol. The van der Waals surface area contributed by atoms with Crippen LogP contribution in [0.15, 0.2) is 48.5 Å². The lowest BCUT2D eigenvalue weighted by atomic mass is 9.83. The van der Waals surface area contributed by atoms with Crippen LogP contribution in [-0.4, -0.2) is 40.2 Å². The molecule has 2 heterocycles. The number of nitrogens with zero attached hydrogens (tertiary/aromatic N) is 1. The quantitative estimate of drug-likeness (QED) is 0.589. The number of hydrogen-bond acceptors (Lipinski definition) is 5. The Morgan fingerprint density at radius 2 is 1.87 bits per heavy atom. The molecule has 3 atom stereocenters. The van der Waals surface area contributed by atoms with E-state index < -0.39 is 10.9 Å². The molecule has 0 bridgehead atoms.